The lowest BCUT2D eigenvalue weighted by Gasteiger charge is -1.98. The molecule has 13 heavy (non-hydrogen) atoms. The molecule has 0 unspecified atom stereocenters. The number of rotatable bonds is 1. The maximum Gasteiger partial charge on any atom is 0.241 e. The number of likely N-dealkylation sites (N-methyl/N-ethyl adjacent to an activating group) is 1. The lowest BCUT2D eigenvalue weighted by atomic mass is 10.7. The molecule has 1 rings (SSSR count). The molecule has 6 nitrogen and oxygen atoms in total. The average Bonchev–Trinajstić information content (AvgIpc) is 2.36. The third kappa shape index (κ3) is 6.50. The van der Waals surface area contributed by atoms with E-state index in [0.717, 1.165) is 20.2 Å². The van der Waals surface area contributed by atoms with E-state index in [1.165, 1.54) is 5.84 Å². The summed E-state index contributed by atoms with van der Waals surface area (Å²) in [5.41, 5.74) is 0. The summed E-state index contributed by atoms with van der Waals surface area (Å²) in [7, 11) is -1.51. The van der Waals surface area contributed by atoms with Crippen molar-refractivity contribution in [2.45, 2.75) is 6.92 Å². The average molecular weight is 210 g/mol. The number of hydrogen-bond donors (Lipinski definition) is 1. The summed E-state index contributed by atoms with van der Waals surface area (Å²) >= 11 is 0. The van der Waals surface area contributed by atoms with Gasteiger partial charge in [0.25, 0.3) is 0 Å². The quantitative estimate of drug-likeness (QED) is 0.332. The topological polar surface area (TPSA) is 81.5 Å². The Bertz CT molecular complexity index is 271. The second kappa shape index (κ2) is 5.15. The van der Waals surface area contributed by atoms with Gasteiger partial charge >= 0.3 is 0 Å². The summed E-state index contributed by atoms with van der Waals surface area (Å²) in [5.74, 6) is 1.29. The fourth-order valence-electron chi connectivity index (χ4n) is 0.707. The van der Waals surface area contributed by atoms with Crippen molar-refractivity contribution in [2.75, 3.05) is 27.2 Å². The zero-order valence-electron chi connectivity index (χ0n) is 7.90. The molecule has 0 aromatic rings. The van der Waals surface area contributed by atoms with Crippen LogP contribution >= 0.6 is 0 Å². The summed E-state index contributed by atoms with van der Waals surface area (Å²) in [6, 6.07) is 0. The maximum absolute atomic E-state index is 9.22. The molecule has 0 radical (unpaired) electrons. The van der Waals surface area contributed by atoms with Gasteiger partial charge in [-0.1, -0.05) is 0 Å². The number of nitrogens with zero attached hydrogens (tertiary/aromatic N) is 1. The van der Waals surface area contributed by atoms with Crippen LogP contribution in [-0.2, 0) is 14.6 Å². The molecule has 0 aromatic heterocycles. The largest absolute Gasteiger partial charge is 0.726 e. The lowest BCUT2D eigenvalue weighted by molar-refractivity contribution is -0.486. The van der Waals surface area contributed by atoms with E-state index in [-0.39, 0.29) is 0 Å². The van der Waals surface area contributed by atoms with Crippen LogP contribution in [0.4, 0.5) is 0 Å². The molecule has 78 valence electrons. The molecule has 1 aliphatic heterocycles. The highest BCUT2D eigenvalue weighted by Crippen LogP contribution is 1.79. The van der Waals surface area contributed by atoms with Gasteiger partial charge in [0.15, 0.2) is 0 Å². The molecular formula is C6H14N2O4S. The van der Waals surface area contributed by atoms with Crippen LogP contribution in [0.2, 0.25) is 0 Å². The second-order valence-electron chi connectivity index (χ2n) is 2.51. The second-order valence-corrected chi connectivity index (χ2v) is 3.66. The van der Waals surface area contributed by atoms with Crippen LogP contribution < -0.4 is 5.32 Å². The summed E-state index contributed by atoms with van der Waals surface area (Å²) in [6.07, 6.45) is 0. The van der Waals surface area contributed by atoms with E-state index in [9.17, 15) is 13.0 Å². The predicted molar refractivity (Wildman–Crippen MR) is 46.4 cm³/mol. The van der Waals surface area contributed by atoms with Crippen molar-refractivity contribution < 1.29 is 21.7 Å². The summed E-state index contributed by atoms with van der Waals surface area (Å²) < 4.78 is 33.2. The van der Waals surface area contributed by atoms with Crippen molar-refractivity contribution in [3.63, 3.8) is 0 Å². The zero-order valence-corrected chi connectivity index (χ0v) is 8.72. The Kier molecular flexibility index (Phi) is 4.89. The fraction of sp³-hybridized carbons (Fsp3) is 0.833. The first-order valence-electron chi connectivity index (χ1n) is 3.67. The van der Waals surface area contributed by atoms with E-state index in [0.29, 0.717) is 0 Å². The van der Waals surface area contributed by atoms with E-state index in [2.05, 4.69) is 28.0 Å². The van der Waals surface area contributed by atoms with Gasteiger partial charge in [0.05, 0.1) is 14.2 Å². The minimum atomic E-state index is -4.41. The number of hydrogen-bond acceptors (Lipinski definition) is 5. The Morgan fingerprint density at radius 1 is 1.62 bits per heavy atom. The standard InChI is InChI=1S/C5H10N2.CH4O4S/c1-5-6-3-4-7(5)2;1-5-6(2,3)4/h3-4H2,1-2H3;1H3,(H,2,3,4). The molecule has 0 spiro atoms. The summed E-state index contributed by atoms with van der Waals surface area (Å²) in [6.45, 7) is 4.36. The van der Waals surface area contributed by atoms with Crippen molar-refractivity contribution in [1.29, 1.82) is 0 Å². The zero-order chi connectivity index (χ0) is 10.5. The first-order valence-corrected chi connectivity index (χ1v) is 5.00. The highest BCUT2D eigenvalue weighted by atomic mass is 32.3. The van der Waals surface area contributed by atoms with E-state index < -0.39 is 10.4 Å². The minimum absolute atomic E-state index is 0.808. The number of amidine groups is 1. The molecule has 1 N–H and O–H groups in total. The molecule has 0 saturated carbocycles. The Morgan fingerprint density at radius 2 is 2.08 bits per heavy atom. The Morgan fingerprint density at radius 3 is 2.15 bits per heavy atom. The van der Waals surface area contributed by atoms with Crippen molar-refractivity contribution in [3.8, 4) is 0 Å². The summed E-state index contributed by atoms with van der Waals surface area (Å²) in [4.78, 5) is 0. The van der Waals surface area contributed by atoms with Crippen LogP contribution in [0.3, 0.4) is 0 Å². The van der Waals surface area contributed by atoms with Crippen molar-refractivity contribution in [2.24, 2.45) is 0 Å². The molecule has 0 aromatic carbocycles. The first-order chi connectivity index (χ1) is 5.87. The van der Waals surface area contributed by atoms with Gasteiger partial charge in [0.1, 0.15) is 13.1 Å². The van der Waals surface area contributed by atoms with Crippen LogP contribution in [-0.4, -0.2) is 50.6 Å². The third-order valence-corrected chi connectivity index (χ3v) is 2.01. The predicted octanol–water partition coefficient (Wildman–Crippen LogP) is -1.26. The van der Waals surface area contributed by atoms with E-state index in [4.69, 9.17) is 0 Å². The van der Waals surface area contributed by atoms with Crippen LogP contribution in [0.1, 0.15) is 6.92 Å². The van der Waals surface area contributed by atoms with Crippen LogP contribution in [0.25, 0.3) is 0 Å². The van der Waals surface area contributed by atoms with Crippen LogP contribution in [0, 0.1) is 0 Å². The molecule has 7 heteroatoms. The molecule has 0 amide bonds. The highest BCUT2D eigenvalue weighted by Gasteiger charge is 2.09. The van der Waals surface area contributed by atoms with Crippen LogP contribution in [0.15, 0.2) is 0 Å². The molecule has 0 atom stereocenters. The Hall–Kier alpha value is -0.660. The van der Waals surface area contributed by atoms with Crippen molar-refractivity contribution in [3.05, 3.63) is 0 Å². The minimum Gasteiger partial charge on any atom is -0.726 e. The van der Waals surface area contributed by atoms with Gasteiger partial charge in [-0.3, -0.25) is 14.1 Å². The summed E-state index contributed by atoms with van der Waals surface area (Å²) in [5, 5.41) is 3.21. The fourth-order valence-corrected chi connectivity index (χ4v) is 0.707. The van der Waals surface area contributed by atoms with Gasteiger partial charge in [-0.25, -0.2) is 8.42 Å². The smallest absolute Gasteiger partial charge is 0.241 e. The van der Waals surface area contributed by atoms with E-state index in [1.54, 1.807) is 0 Å². The van der Waals surface area contributed by atoms with Gasteiger partial charge < -0.3 is 4.55 Å². The lowest BCUT2D eigenvalue weighted by Crippen LogP contribution is -2.16. The van der Waals surface area contributed by atoms with Gasteiger partial charge in [0.2, 0.25) is 16.2 Å². The van der Waals surface area contributed by atoms with E-state index in [1.807, 2.05) is 0 Å². The van der Waals surface area contributed by atoms with Crippen molar-refractivity contribution >= 4 is 16.2 Å². The monoisotopic (exact) mass is 210 g/mol. The molecule has 0 saturated heterocycles. The van der Waals surface area contributed by atoms with Gasteiger partial charge in [0, 0.05) is 6.92 Å². The van der Waals surface area contributed by atoms with E-state index >= 15 is 0 Å². The third-order valence-electron chi connectivity index (χ3n) is 1.60. The molecule has 0 aliphatic carbocycles. The molecule has 0 fully saturated rings. The molecule has 1 aliphatic rings. The normalized spacial score (nSPS) is 16.3. The molecule has 1 heterocycles. The van der Waals surface area contributed by atoms with Crippen LogP contribution in [0.5, 0.6) is 0 Å². The maximum atomic E-state index is 9.22. The SMILES string of the molecule is CC1=[N+](C)CCN1.COS(=O)(=O)[O-]. The highest BCUT2D eigenvalue weighted by molar-refractivity contribution is 7.80. The Labute approximate surface area is 78.2 Å². The van der Waals surface area contributed by atoms with Gasteiger partial charge in [-0.2, -0.15) is 0 Å². The van der Waals surface area contributed by atoms with Gasteiger partial charge in [-0.15, -0.1) is 0 Å². The van der Waals surface area contributed by atoms with Crippen molar-refractivity contribution in [1.82, 2.24) is 5.32 Å². The molecule has 0 bridgehead atoms. The number of nitrogens with one attached hydrogen (secondary N) is 1. The molecular weight excluding hydrogens is 196 g/mol. The van der Waals surface area contributed by atoms with Gasteiger partial charge in [-0.05, 0) is 0 Å². The first kappa shape index (κ1) is 12.3. The Balaban J connectivity index is 0.000000226.